The Morgan fingerprint density at radius 1 is 1.17 bits per heavy atom. The van der Waals surface area contributed by atoms with Gasteiger partial charge in [-0.25, -0.2) is 0 Å². The number of aliphatic hydroxyl groups excluding tert-OH is 1. The van der Waals surface area contributed by atoms with Crippen LogP contribution in [0.3, 0.4) is 0 Å². The second-order valence-electron chi connectivity index (χ2n) is 6.40. The Morgan fingerprint density at radius 3 is 2.26 bits per heavy atom. The molecule has 5 heteroatoms. The molecule has 130 valence electrons. The Balaban J connectivity index is 3.03. The van der Waals surface area contributed by atoms with Crippen molar-refractivity contribution >= 4 is 5.71 Å². The van der Waals surface area contributed by atoms with Crippen LogP contribution in [0.15, 0.2) is 23.2 Å². The molecule has 0 saturated heterocycles. The van der Waals surface area contributed by atoms with Gasteiger partial charge in [0.05, 0.1) is 11.7 Å². The minimum Gasteiger partial charge on any atom is -0.393 e. The third-order valence-electron chi connectivity index (χ3n) is 3.89. The minimum atomic E-state index is -4.35. The third kappa shape index (κ3) is 5.98. The highest BCUT2D eigenvalue weighted by Crippen LogP contribution is 2.33. The van der Waals surface area contributed by atoms with E-state index in [2.05, 4.69) is 4.99 Å². The van der Waals surface area contributed by atoms with E-state index in [-0.39, 0.29) is 23.9 Å². The van der Waals surface area contributed by atoms with Crippen molar-refractivity contribution in [3.63, 3.8) is 0 Å². The van der Waals surface area contributed by atoms with Crippen LogP contribution in [0.25, 0.3) is 0 Å². The average Bonchev–Trinajstić information content (AvgIpc) is 2.42. The number of hydrogen-bond donors (Lipinski definition) is 1. The van der Waals surface area contributed by atoms with Gasteiger partial charge in [0, 0.05) is 17.7 Å². The van der Waals surface area contributed by atoms with Crippen LogP contribution in [-0.2, 0) is 12.6 Å². The maximum Gasteiger partial charge on any atom is 0.416 e. The third-order valence-corrected chi connectivity index (χ3v) is 3.89. The number of aliphatic hydroxyl groups is 1. The van der Waals surface area contributed by atoms with Crippen LogP contribution in [-0.4, -0.2) is 23.0 Å². The molecule has 1 N–H and O–H groups in total. The Bertz CT molecular complexity index is 548. The zero-order valence-electron chi connectivity index (χ0n) is 14.4. The predicted molar refractivity (Wildman–Crippen MR) is 87.9 cm³/mol. The number of halogens is 3. The summed E-state index contributed by atoms with van der Waals surface area (Å²) in [5, 5.41) is 9.76. The van der Waals surface area contributed by atoms with Gasteiger partial charge in [0.15, 0.2) is 0 Å². The first kappa shape index (κ1) is 19.7. The standard InChI is InChI=1S/C18H26F3NO/c1-11(2)22-17(13(4)14(5)23)9-8-15-7-6-12(3)10-16(15)18(19,20)21/h6-7,10-11,13-14,23H,8-9H2,1-5H3/t13-,14-/m1/s1. The largest absolute Gasteiger partial charge is 0.416 e. The lowest BCUT2D eigenvalue weighted by molar-refractivity contribution is -0.138. The number of nitrogens with zero attached hydrogens (tertiary/aromatic N) is 1. The van der Waals surface area contributed by atoms with E-state index in [0.29, 0.717) is 12.0 Å². The maximum absolute atomic E-state index is 13.2. The Labute approximate surface area is 136 Å². The molecule has 1 aromatic rings. The number of aliphatic imine (C=N–C) groups is 1. The van der Waals surface area contributed by atoms with Gasteiger partial charge in [-0.15, -0.1) is 0 Å². The summed E-state index contributed by atoms with van der Waals surface area (Å²) in [6.45, 7) is 9.02. The van der Waals surface area contributed by atoms with Gasteiger partial charge >= 0.3 is 6.18 Å². The second-order valence-corrected chi connectivity index (χ2v) is 6.40. The maximum atomic E-state index is 13.2. The normalized spacial score (nSPS) is 15.8. The van der Waals surface area contributed by atoms with Gasteiger partial charge in [-0.05, 0) is 52.2 Å². The van der Waals surface area contributed by atoms with Gasteiger partial charge in [-0.1, -0.05) is 24.6 Å². The lowest BCUT2D eigenvalue weighted by Crippen LogP contribution is -2.25. The summed E-state index contributed by atoms with van der Waals surface area (Å²) < 4.78 is 39.5. The molecule has 1 rings (SSSR count). The summed E-state index contributed by atoms with van der Waals surface area (Å²) in [4.78, 5) is 4.50. The topological polar surface area (TPSA) is 32.6 Å². The van der Waals surface area contributed by atoms with Gasteiger partial charge in [0.2, 0.25) is 0 Å². The highest BCUT2D eigenvalue weighted by Gasteiger charge is 2.33. The van der Waals surface area contributed by atoms with Crippen molar-refractivity contribution in [2.24, 2.45) is 10.9 Å². The molecule has 0 radical (unpaired) electrons. The zero-order chi connectivity index (χ0) is 17.8. The van der Waals surface area contributed by atoms with Crippen molar-refractivity contribution in [1.29, 1.82) is 0 Å². The van der Waals surface area contributed by atoms with Crippen molar-refractivity contribution in [1.82, 2.24) is 0 Å². The van der Waals surface area contributed by atoms with Gasteiger partial charge in [-0.3, -0.25) is 4.99 Å². The molecule has 0 unspecified atom stereocenters. The van der Waals surface area contributed by atoms with E-state index in [1.807, 2.05) is 20.8 Å². The number of rotatable bonds is 6. The highest BCUT2D eigenvalue weighted by molar-refractivity contribution is 5.87. The van der Waals surface area contributed by atoms with Gasteiger partial charge in [0.25, 0.3) is 0 Å². The van der Waals surface area contributed by atoms with Crippen LogP contribution >= 0.6 is 0 Å². The Kier molecular flexibility index (Phi) is 6.81. The van der Waals surface area contributed by atoms with Crippen LogP contribution in [0.1, 0.15) is 50.8 Å². The summed E-state index contributed by atoms with van der Waals surface area (Å²) in [6.07, 6.45) is -4.26. The van der Waals surface area contributed by atoms with Crippen molar-refractivity contribution in [2.75, 3.05) is 0 Å². The fourth-order valence-electron chi connectivity index (χ4n) is 2.45. The van der Waals surface area contributed by atoms with Crippen LogP contribution in [0, 0.1) is 12.8 Å². The van der Waals surface area contributed by atoms with Crippen molar-refractivity contribution in [2.45, 2.75) is 65.8 Å². The summed E-state index contributed by atoms with van der Waals surface area (Å²) in [5.74, 6) is -0.169. The fourth-order valence-corrected chi connectivity index (χ4v) is 2.45. The predicted octanol–water partition coefficient (Wildman–Crippen LogP) is 4.81. The lowest BCUT2D eigenvalue weighted by atomic mass is 9.92. The first-order valence-electron chi connectivity index (χ1n) is 7.93. The van der Waals surface area contributed by atoms with Crippen LogP contribution in [0.4, 0.5) is 13.2 Å². The molecule has 0 aliphatic rings. The quantitative estimate of drug-likeness (QED) is 0.746. The van der Waals surface area contributed by atoms with E-state index >= 15 is 0 Å². The molecule has 1 aromatic carbocycles. The van der Waals surface area contributed by atoms with Crippen LogP contribution in [0.2, 0.25) is 0 Å². The summed E-state index contributed by atoms with van der Waals surface area (Å²) in [7, 11) is 0. The van der Waals surface area contributed by atoms with Gasteiger partial charge < -0.3 is 5.11 Å². The molecule has 0 spiro atoms. The molecular weight excluding hydrogens is 303 g/mol. The summed E-state index contributed by atoms with van der Waals surface area (Å²) >= 11 is 0. The molecule has 0 saturated carbocycles. The molecule has 0 bridgehead atoms. The number of aryl methyl sites for hydroxylation is 2. The average molecular weight is 329 g/mol. The van der Waals surface area contributed by atoms with Crippen LogP contribution in [0.5, 0.6) is 0 Å². The number of hydrogen-bond acceptors (Lipinski definition) is 2. The van der Waals surface area contributed by atoms with Crippen LogP contribution < -0.4 is 0 Å². The van der Waals surface area contributed by atoms with E-state index < -0.39 is 17.8 Å². The smallest absolute Gasteiger partial charge is 0.393 e. The van der Waals surface area contributed by atoms with Gasteiger partial charge in [0.1, 0.15) is 0 Å². The zero-order valence-corrected chi connectivity index (χ0v) is 14.4. The van der Waals surface area contributed by atoms with Crippen molar-refractivity contribution in [3.05, 3.63) is 34.9 Å². The van der Waals surface area contributed by atoms with E-state index in [0.717, 1.165) is 5.71 Å². The lowest BCUT2D eigenvalue weighted by Gasteiger charge is -2.20. The highest BCUT2D eigenvalue weighted by atomic mass is 19.4. The molecule has 0 heterocycles. The molecule has 0 aromatic heterocycles. The van der Waals surface area contributed by atoms with Crippen molar-refractivity contribution < 1.29 is 18.3 Å². The first-order chi connectivity index (χ1) is 10.5. The SMILES string of the molecule is Cc1ccc(CCC(=NC(C)C)[C@H](C)[C@@H](C)O)c(C(F)(F)F)c1. The Hall–Kier alpha value is -1.36. The first-order valence-corrected chi connectivity index (χ1v) is 7.93. The monoisotopic (exact) mass is 329 g/mol. The number of alkyl halides is 3. The van der Waals surface area contributed by atoms with E-state index in [4.69, 9.17) is 0 Å². The minimum absolute atomic E-state index is 0.0475. The summed E-state index contributed by atoms with van der Waals surface area (Å²) in [6, 6.07) is 4.47. The molecular formula is C18H26F3NO. The Morgan fingerprint density at radius 2 is 1.78 bits per heavy atom. The van der Waals surface area contributed by atoms with E-state index in [9.17, 15) is 18.3 Å². The van der Waals surface area contributed by atoms with E-state index in [1.165, 1.54) is 12.1 Å². The second kappa shape index (κ2) is 7.95. The molecule has 0 fully saturated rings. The molecule has 0 amide bonds. The fraction of sp³-hybridized carbons (Fsp3) is 0.611. The molecule has 2 nitrogen and oxygen atoms in total. The molecule has 0 aliphatic carbocycles. The molecule has 2 atom stereocenters. The molecule has 23 heavy (non-hydrogen) atoms. The number of benzene rings is 1. The van der Waals surface area contributed by atoms with Gasteiger partial charge in [-0.2, -0.15) is 13.2 Å². The van der Waals surface area contributed by atoms with Crippen molar-refractivity contribution in [3.8, 4) is 0 Å². The molecule has 0 aliphatic heterocycles. The summed E-state index contributed by atoms with van der Waals surface area (Å²) in [5.41, 5.74) is 1.06. The van der Waals surface area contributed by atoms with E-state index in [1.54, 1.807) is 19.9 Å².